The minimum absolute atomic E-state index is 0.212. The fourth-order valence-corrected chi connectivity index (χ4v) is 1.67. The van der Waals surface area contributed by atoms with Gasteiger partial charge in [-0.15, -0.1) is 0 Å². The number of amides is 1. The summed E-state index contributed by atoms with van der Waals surface area (Å²) in [7, 11) is 0. The van der Waals surface area contributed by atoms with Crippen LogP contribution in [0.3, 0.4) is 0 Å². The van der Waals surface area contributed by atoms with E-state index in [1.165, 1.54) is 0 Å². The van der Waals surface area contributed by atoms with E-state index < -0.39 is 6.04 Å². The molecule has 94 valence electrons. The molecule has 2 aromatic rings. The van der Waals surface area contributed by atoms with E-state index in [-0.39, 0.29) is 5.91 Å². The Kier molecular flexibility index (Phi) is 3.71. The van der Waals surface area contributed by atoms with Crippen LogP contribution in [0, 0.1) is 6.92 Å². The van der Waals surface area contributed by atoms with Gasteiger partial charge in [0.15, 0.2) is 0 Å². The molecule has 0 aliphatic heterocycles. The zero-order valence-corrected chi connectivity index (χ0v) is 11.5. The molecule has 2 heterocycles. The van der Waals surface area contributed by atoms with Crippen LogP contribution in [-0.2, 0) is 4.79 Å². The number of nitrogens with zero attached hydrogens (tertiary/aromatic N) is 4. The van der Waals surface area contributed by atoms with E-state index in [4.69, 9.17) is 0 Å². The van der Waals surface area contributed by atoms with Gasteiger partial charge in [-0.3, -0.25) is 14.8 Å². The molecule has 1 amide bonds. The molecule has 0 aliphatic rings. The Morgan fingerprint density at radius 3 is 2.94 bits per heavy atom. The second kappa shape index (κ2) is 5.26. The average Bonchev–Trinajstić information content (AvgIpc) is 2.75. The summed E-state index contributed by atoms with van der Waals surface area (Å²) >= 11 is 3.29. The number of hydrogen-bond acceptors (Lipinski definition) is 4. The number of aryl methyl sites for hydroxylation is 1. The molecule has 0 fully saturated rings. The largest absolute Gasteiger partial charge is 0.293 e. The lowest BCUT2D eigenvalue weighted by molar-refractivity contribution is -0.119. The lowest BCUT2D eigenvalue weighted by atomic mass is 10.3. The molecule has 0 spiro atoms. The van der Waals surface area contributed by atoms with Crippen LogP contribution in [0.4, 0.5) is 5.95 Å². The molecule has 6 nitrogen and oxygen atoms in total. The normalized spacial score (nSPS) is 12.2. The molecule has 2 aromatic heterocycles. The van der Waals surface area contributed by atoms with Crippen molar-refractivity contribution in [3.05, 3.63) is 34.8 Å². The van der Waals surface area contributed by atoms with Gasteiger partial charge in [-0.05, 0) is 35.8 Å². The predicted octanol–water partition coefficient (Wildman–Crippen LogP) is 1.94. The molecule has 1 atom stereocenters. The highest BCUT2D eigenvalue weighted by atomic mass is 79.9. The van der Waals surface area contributed by atoms with Gasteiger partial charge < -0.3 is 0 Å². The highest BCUT2D eigenvalue weighted by Gasteiger charge is 2.16. The maximum Gasteiger partial charge on any atom is 0.251 e. The van der Waals surface area contributed by atoms with Gasteiger partial charge in [0.1, 0.15) is 6.04 Å². The molecule has 1 N–H and O–H groups in total. The zero-order valence-electron chi connectivity index (χ0n) is 9.96. The molecule has 0 saturated heterocycles. The highest BCUT2D eigenvalue weighted by molar-refractivity contribution is 9.10. The van der Waals surface area contributed by atoms with Crippen LogP contribution >= 0.6 is 15.9 Å². The fraction of sp³-hybridized carbons (Fsp3) is 0.273. The van der Waals surface area contributed by atoms with Crippen LogP contribution in [0.5, 0.6) is 0 Å². The SMILES string of the molecule is Cc1ccnc(NC(=O)[C@H](C)n2cc(Br)cn2)n1. The van der Waals surface area contributed by atoms with Crippen molar-refractivity contribution in [1.29, 1.82) is 0 Å². The Labute approximate surface area is 113 Å². The molecule has 0 radical (unpaired) electrons. The van der Waals surface area contributed by atoms with Gasteiger partial charge in [-0.25, -0.2) is 9.97 Å². The molecule has 18 heavy (non-hydrogen) atoms. The third-order valence-corrected chi connectivity index (χ3v) is 2.79. The van der Waals surface area contributed by atoms with Crippen molar-refractivity contribution in [1.82, 2.24) is 19.7 Å². The molecular formula is C11H12BrN5O. The van der Waals surface area contributed by atoms with Gasteiger partial charge in [0.05, 0.1) is 10.7 Å². The topological polar surface area (TPSA) is 72.7 Å². The van der Waals surface area contributed by atoms with E-state index in [2.05, 4.69) is 36.3 Å². The molecule has 0 bridgehead atoms. The maximum atomic E-state index is 12.0. The van der Waals surface area contributed by atoms with E-state index in [0.717, 1.165) is 10.2 Å². The van der Waals surface area contributed by atoms with Crippen LogP contribution < -0.4 is 5.32 Å². The van der Waals surface area contributed by atoms with Crippen LogP contribution in [0.25, 0.3) is 0 Å². The lowest BCUT2D eigenvalue weighted by Crippen LogP contribution is -2.25. The van der Waals surface area contributed by atoms with Gasteiger partial charge in [0.25, 0.3) is 5.91 Å². The Bertz CT molecular complexity index is 568. The first-order chi connectivity index (χ1) is 8.56. The van der Waals surface area contributed by atoms with Gasteiger partial charge >= 0.3 is 0 Å². The summed E-state index contributed by atoms with van der Waals surface area (Å²) in [5, 5.41) is 6.72. The predicted molar refractivity (Wildman–Crippen MR) is 70.0 cm³/mol. The summed E-state index contributed by atoms with van der Waals surface area (Å²) in [5.41, 5.74) is 0.801. The summed E-state index contributed by atoms with van der Waals surface area (Å²) in [5.74, 6) is 0.0919. The summed E-state index contributed by atoms with van der Waals surface area (Å²) in [4.78, 5) is 20.1. The van der Waals surface area contributed by atoms with Crippen LogP contribution in [0.15, 0.2) is 29.1 Å². The summed E-state index contributed by atoms with van der Waals surface area (Å²) in [6.45, 7) is 3.59. The Hall–Kier alpha value is -1.76. The molecule has 0 saturated carbocycles. The van der Waals surface area contributed by atoms with Crippen LogP contribution in [0.1, 0.15) is 18.7 Å². The third-order valence-electron chi connectivity index (χ3n) is 2.38. The molecule has 0 aromatic carbocycles. The number of carbonyl (C=O) groups excluding carboxylic acids is 1. The van der Waals surface area contributed by atoms with Crippen molar-refractivity contribution >= 4 is 27.8 Å². The summed E-state index contributed by atoms with van der Waals surface area (Å²) in [6.07, 6.45) is 4.97. The first-order valence-corrected chi connectivity index (χ1v) is 6.16. The summed E-state index contributed by atoms with van der Waals surface area (Å²) in [6, 6.07) is 1.34. The van der Waals surface area contributed by atoms with Crippen molar-refractivity contribution < 1.29 is 4.79 Å². The number of anilines is 1. The van der Waals surface area contributed by atoms with E-state index in [1.807, 2.05) is 6.92 Å². The molecule has 2 rings (SSSR count). The van der Waals surface area contributed by atoms with Gasteiger partial charge in [0.2, 0.25) is 5.95 Å². The Balaban J connectivity index is 2.08. The number of nitrogens with one attached hydrogen (secondary N) is 1. The molecule has 7 heteroatoms. The van der Waals surface area contributed by atoms with Crippen molar-refractivity contribution in [2.24, 2.45) is 0 Å². The first-order valence-electron chi connectivity index (χ1n) is 5.36. The third kappa shape index (κ3) is 2.92. The number of hydrogen-bond donors (Lipinski definition) is 1. The Morgan fingerprint density at radius 1 is 1.56 bits per heavy atom. The quantitative estimate of drug-likeness (QED) is 0.940. The maximum absolute atomic E-state index is 12.0. The number of carbonyl (C=O) groups is 1. The number of aromatic nitrogens is 4. The standard InChI is InChI=1S/C11H12BrN5O/c1-7-3-4-13-11(15-7)16-10(18)8(2)17-6-9(12)5-14-17/h3-6,8H,1-2H3,(H,13,15,16,18)/t8-/m0/s1. The van der Waals surface area contributed by atoms with Gasteiger partial charge in [0, 0.05) is 18.1 Å². The fourth-order valence-electron chi connectivity index (χ4n) is 1.37. The number of rotatable bonds is 3. The average molecular weight is 310 g/mol. The minimum Gasteiger partial charge on any atom is -0.293 e. The molecule has 0 aliphatic carbocycles. The minimum atomic E-state index is -0.430. The van der Waals surface area contributed by atoms with E-state index in [9.17, 15) is 4.79 Å². The first kappa shape index (κ1) is 12.7. The summed E-state index contributed by atoms with van der Waals surface area (Å²) < 4.78 is 2.39. The van der Waals surface area contributed by atoms with E-state index >= 15 is 0 Å². The van der Waals surface area contributed by atoms with Crippen LogP contribution in [0.2, 0.25) is 0 Å². The van der Waals surface area contributed by atoms with E-state index in [0.29, 0.717) is 5.95 Å². The van der Waals surface area contributed by atoms with Crippen LogP contribution in [-0.4, -0.2) is 25.7 Å². The zero-order chi connectivity index (χ0) is 13.1. The van der Waals surface area contributed by atoms with Gasteiger partial charge in [-0.1, -0.05) is 0 Å². The lowest BCUT2D eigenvalue weighted by Gasteiger charge is -2.11. The smallest absolute Gasteiger partial charge is 0.251 e. The Morgan fingerprint density at radius 2 is 2.33 bits per heavy atom. The van der Waals surface area contributed by atoms with Crippen molar-refractivity contribution in [2.75, 3.05) is 5.32 Å². The molecular weight excluding hydrogens is 298 g/mol. The highest BCUT2D eigenvalue weighted by Crippen LogP contribution is 2.12. The monoisotopic (exact) mass is 309 g/mol. The second-order valence-corrected chi connectivity index (χ2v) is 4.74. The number of halogens is 1. The van der Waals surface area contributed by atoms with Crippen molar-refractivity contribution in [2.45, 2.75) is 19.9 Å². The van der Waals surface area contributed by atoms with Crippen molar-refractivity contribution in [3.8, 4) is 0 Å². The second-order valence-electron chi connectivity index (χ2n) is 3.83. The van der Waals surface area contributed by atoms with Gasteiger partial charge in [-0.2, -0.15) is 5.10 Å². The van der Waals surface area contributed by atoms with E-state index in [1.54, 1.807) is 36.3 Å². The molecule has 0 unspecified atom stereocenters. The van der Waals surface area contributed by atoms with Crippen molar-refractivity contribution in [3.63, 3.8) is 0 Å².